The molecule has 0 unspecified atom stereocenters. The molecule has 2 rings (SSSR count). The predicted molar refractivity (Wildman–Crippen MR) is 83.0 cm³/mol. The Morgan fingerprint density at radius 3 is 2.57 bits per heavy atom. The van der Waals surface area contributed by atoms with Crippen molar-refractivity contribution in [2.75, 3.05) is 26.2 Å². The summed E-state index contributed by atoms with van der Waals surface area (Å²) in [5.74, 6) is 0.766. The molecule has 0 atom stereocenters. The van der Waals surface area contributed by atoms with E-state index >= 15 is 0 Å². The molecule has 1 aliphatic rings. The lowest BCUT2D eigenvalue weighted by Gasteiger charge is -2.21. The number of aromatic carboxylic acids is 1. The number of carbonyl (C=O) groups is 1. The average Bonchev–Trinajstić information content (AvgIpc) is 3.28. The number of hydrogen-bond donors (Lipinski definition) is 1. The molecule has 0 aliphatic heterocycles. The van der Waals surface area contributed by atoms with Gasteiger partial charge in [-0.3, -0.25) is 0 Å². The second kappa shape index (κ2) is 8.03. The van der Waals surface area contributed by atoms with Crippen LogP contribution in [0.3, 0.4) is 0 Å². The van der Waals surface area contributed by atoms with Gasteiger partial charge in [-0.25, -0.2) is 4.79 Å². The lowest BCUT2D eigenvalue weighted by atomic mass is 10.2. The van der Waals surface area contributed by atoms with Crippen LogP contribution in [0.5, 0.6) is 5.75 Å². The molecule has 0 bridgehead atoms. The van der Waals surface area contributed by atoms with Gasteiger partial charge in [0, 0.05) is 13.1 Å². The van der Waals surface area contributed by atoms with Gasteiger partial charge in [0.1, 0.15) is 5.75 Å². The lowest BCUT2D eigenvalue weighted by Crippen LogP contribution is -2.29. The predicted octanol–water partition coefficient (Wildman–Crippen LogP) is 3.28. The van der Waals surface area contributed by atoms with Crippen molar-refractivity contribution in [1.82, 2.24) is 4.90 Å². The van der Waals surface area contributed by atoms with Crippen molar-refractivity contribution in [3.05, 3.63) is 29.8 Å². The van der Waals surface area contributed by atoms with Crippen LogP contribution in [0.4, 0.5) is 0 Å². The molecule has 0 saturated heterocycles. The SMILES string of the molecule is CCCN(CCCOc1ccc(C(=O)O)cc1)CC1CC1. The van der Waals surface area contributed by atoms with Crippen LogP contribution in [0.2, 0.25) is 0 Å². The molecule has 1 N–H and O–H groups in total. The lowest BCUT2D eigenvalue weighted by molar-refractivity contribution is 0.0697. The summed E-state index contributed by atoms with van der Waals surface area (Å²) in [6, 6.07) is 6.59. The standard InChI is InChI=1S/C17H25NO3/c1-2-10-18(13-14-4-5-14)11-3-12-21-16-8-6-15(7-9-16)17(19)20/h6-9,14H,2-5,10-13H2,1H3,(H,19,20). The third kappa shape index (κ3) is 5.76. The van der Waals surface area contributed by atoms with Gasteiger partial charge in [-0.2, -0.15) is 0 Å². The molecular weight excluding hydrogens is 266 g/mol. The first kappa shape index (κ1) is 15.8. The van der Waals surface area contributed by atoms with Crippen LogP contribution < -0.4 is 4.74 Å². The summed E-state index contributed by atoms with van der Waals surface area (Å²) in [4.78, 5) is 13.3. The monoisotopic (exact) mass is 291 g/mol. The maximum Gasteiger partial charge on any atom is 0.335 e. The minimum atomic E-state index is -0.906. The van der Waals surface area contributed by atoms with Gasteiger partial charge in [0.05, 0.1) is 12.2 Å². The van der Waals surface area contributed by atoms with E-state index in [0.717, 1.165) is 24.6 Å². The first-order valence-corrected chi connectivity index (χ1v) is 7.87. The van der Waals surface area contributed by atoms with Crippen molar-refractivity contribution in [1.29, 1.82) is 0 Å². The maximum absolute atomic E-state index is 10.8. The molecule has 21 heavy (non-hydrogen) atoms. The second-order valence-electron chi connectivity index (χ2n) is 5.78. The molecule has 116 valence electrons. The molecule has 0 aromatic heterocycles. The van der Waals surface area contributed by atoms with Crippen LogP contribution in [-0.4, -0.2) is 42.2 Å². The summed E-state index contributed by atoms with van der Waals surface area (Å²) in [6.07, 6.45) is 5.00. The Labute approximate surface area is 126 Å². The van der Waals surface area contributed by atoms with Crippen molar-refractivity contribution < 1.29 is 14.6 Å². The van der Waals surface area contributed by atoms with Gasteiger partial charge in [-0.15, -0.1) is 0 Å². The largest absolute Gasteiger partial charge is 0.494 e. The second-order valence-corrected chi connectivity index (χ2v) is 5.78. The Bertz CT molecular complexity index is 440. The highest BCUT2D eigenvalue weighted by molar-refractivity contribution is 5.87. The fourth-order valence-corrected chi connectivity index (χ4v) is 2.45. The Morgan fingerprint density at radius 2 is 2.00 bits per heavy atom. The highest BCUT2D eigenvalue weighted by atomic mass is 16.5. The molecule has 1 fully saturated rings. The van der Waals surface area contributed by atoms with Gasteiger partial charge in [0.15, 0.2) is 0 Å². The molecule has 0 heterocycles. The number of rotatable bonds is 10. The van der Waals surface area contributed by atoms with Gasteiger partial charge < -0.3 is 14.7 Å². The summed E-state index contributed by atoms with van der Waals surface area (Å²) in [7, 11) is 0. The van der Waals surface area contributed by atoms with E-state index in [-0.39, 0.29) is 0 Å². The Balaban J connectivity index is 1.66. The number of carboxylic acids is 1. The molecule has 1 saturated carbocycles. The van der Waals surface area contributed by atoms with Crippen LogP contribution in [0.1, 0.15) is 43.0 Å². The van der Waals surface area contributed by atoms with E-state index in [1.807, 2.05) is 0 Å². The molecule has 0 spiro atoms. The molecule has 0 radical (unpaired) electrons. The van der Waals surface area contributed by atoms with Crippen molar-refractivity contribution in [3.8, 4) is 5.75 Å². The third-order valence-electron chi connectivity index (χ3n) is 3.74. The smallest absolute Gasteiger partial charge is 0.335 e. The Kier molecular flexibility index (Phi) is 6.05. The molecule has 0 amide bonds. The Hall–Kier alpha value is -1.55. The third-order valence-corrected chi connectivity index (χ3v) is 3.74. The minimum Gasteiger partial charge on any atom is -0.494 e. The zero-order valence-electron chi connectivity index (χ0n) is 12.8. The number of carboxylic acid groups (broad SMARTS) is 1. The van der Waals surface area contributed by atoms with Gasteiger partial charge in [0.25, 0.3) is 0 Å². The molecule has 1 aromatic carbocycles. The summed E-state index contributed by atoms with van der Waals surface area (Å²) in [5, 5.41) is 8.83. The number of benzene rings is 1. The van der Waals surface area contributed by atoms with Crippen molar-refractivity contribution in [2.24, 2.45) is 5.92 Å². The van der Waals surface area contributed by atoms with Crippen molar-refractivity contribution in [3.63, 3.8) is 0 Å². The number of nitrogens with zero attached hydrogens (tertiary/aromatic N) is 1. The molecule has 4 nitrogen and oxygen atoms in total. The number of hydrogen-bond acceptors (Lipinski definition) is 3. The van der Waals surface area contributed by atoms with Crippen molar-refractivity contribution in [2.45, 2.75) is 32.6 Å². The van der Waals surface area contributed by atoms with Crippen LogP contribution in [-0.2, 0) is 0 Å². The van der Waals surface area contributed by atoms with Gasteiger partial charge >= 0.3 is 5.97 Å². The van der Waals surface area contributed by atoms with E-state index in [4.69, 9.17) is 9.84 Å². The zero-order valence-corrected chi connectivity index (χ0v) is 12.8. The fraction of sp³-hybridized carbons (Fsp3) is 0.588. The summed E-state index contributed by atoms with van der Waals surface area (Å²) in [6.45, 7) is 6.39. The normalized spacial score (nSPS) is 14.4. The van der Waals surface area contributed by atoms with Gasteiger partial charge in [0.2, 0.25) is 0 Å². The molecule has 1 aromatic rings. The molecule has 4 heteroatoms. The average molecular weight is 291 g/mol. The minimum absolute atomic E-state index is 0.293. The van der Waals surface area contributed by atoms with Crippen LogP contribution in [0.15, 0.2) is 24.3 Å². The van der Waals surface area contributed by atoms with E-state index in [0.29, 0.717) is 12.2 Å². The van der Waals surface area contributed by atoms with E-state index in [9.17, 15) is 4.79 Å². The summed E-state index contributed by atoms with van der Waals surface area (Å²) in [5.41, 5.74) is 0.293. The fourth-order valence-electron chi connectivity index (χ4n) is 2.45. The van der Waals surface area contributed by atoms with Crippen LogP contribution in [0, 0.1) is 5.92 Å². The van der Waals surface area contributed by atoms with Gasteiger partial charge in [-0.1, -0.05) is 6.92 Å². The summed E-state index contributed by atoms with van der Waals surface area (Å²) >= 11 is 0. The topological polar surface area (TPSA) is 49.8 Å². The maximum atomic E-state index is 10.8. The first-order chi connectivity index (χ1) is 10.2. The number of ether oxygens (including phenoxy) is 1. The highest BCUT2D eigenvalue weighted by Gasteiger charge is 2.23. The van der Waals surface area contributed by atoms with Crippen molar-refractivity contribution >= 4 is 5.97 Å². The van der Waals surface area contributed by atoms with E-state index < -0.39 is 5.97 Å². The van der Waals surface area contributed by atoms with E-state index in [1.54, 1.807) is 24.3 Å². The zero-order chi connectivity index (χ0) is 15.1. The Morgan fingerprint density at radius 1 is 1.29 bits per heavy atom. The quantitative estimate of drug-likeness (QED) is 0.672. The van der Waals surface area contributed by atoms with Crippen LogP contribution >= 0.6 is 0 Å². The van der Waals surface area contributed by atoms with E-state index in [1.165, 1.54) is 32.4 Å². The molecular formula is C17H25NO3. The molecule has 1 aliphatic carbocycles. The highest BCUT2D eigenvalue weighted by Crippen LogP contribution is 2.29. The first-order valence-electron chi connectivity index (χ1n) is 7.87. The van der Waals surface area contributed by atoms with Crippen LogP contribution in [0.25, 0.3) is 0 Å². The summed E-state index contributed by atoms with van der Waals surface area (Å²) < 4.78 is 5.67. The van der Waals surface area contributed by atoms with E-state index in [2.05, 4.69) is 11.8 Å². The van der Waals surface area contributed by atoms with Gasteiger partial charge in [-0.05, 0) is 62.4 Å².